The molecule has 1 aliphatic heterocycles. The van der Waals surface area contributed by atoms with E-state index in [0.29, 0.717) is 18.8 Å². The summed E-state index contributed by atoms with van der Waals surface area (Å²) in [7, 11) is 1.49. The summed E-state index contributed by atoms with van der Waals surface area (Å²) >= 11 is 0. The maximum Gasteiger partial charge on any atom is 0.235 e. The van der Waals surface area contributed by atoms with E-state index < -0.39 is 17.6 Å². The van der Waals surface area contributed by atoms with Crippen molar-refractivity contribution in [2.45, 2.75) is 78.6 Å². The van der Waals surface area contributed by atoms with Crippen LogP contribution < -0.4 is 5.32 Å². The summed E-state index contributed by atoms with van der Waals surface area (Å²) in [5.74, 6) is -0.477. The molecular formula is C26H41NO5. The second-order valence-electron chi connectivity index (χ2n) is 10.8. The molecule has 3 N–H and O–H groups in total. The van der Waals surface area contributed by atoms with E-state index >= 15 is 0 Å². The fourth-order valence-corrected chi connectivity index (χ4v) is 6.48. The molecule has 180 valence electrons. The van der Waals surface area contributed by atoms with Gasteiger partial charge in [0, 0.05) is 38.0 Å². The van der Waals surface area contributed by atoms with E-state index in [1.54, 1.807) is 0 Å². The number of hydrogen-bond donors (Lipinski definition) is 3. The highest BCUT2D eigenvalue weighted by Gasteiger charge is 2.65. The standard InChI is InChI=1S/C26H41NO5/c1-14(2)7-20-24-17(5)16(4)10-19-9-15(3)8-18(13-28)11-21(29)22(32-6)12-23(30)26(19,24)25(31)27-20/h9-10,14,17-22,24,28-29H,7-8,11-13H2,1-6H3,(H,27,31)/b15-9+/t17-,18+,19+,20+,21+,22+,24+,26-/m1/s1. The number of amides is 1. The average Bonchev–Trinajstić information content (AvgIpc) is 3.00. The molecule has 1 heterocycles. The number of nitrogens with one attached hydrogen (secondary N) is 1. The summed E-state index contributed by atoms with van der Waals surface area (Å²) in [6, 6.07) is -0.0671. The van der Waals surface area contributed by atoms with E-state index in [9.17, 15) is 19.8 Å². The molecule has 32 heavy (non-hydrogen) atoms. The number of methoxy groups -OCH3 is 1. The summed E-state index contributed by atoms with van der Waals surface area (Å²) in [5, 5.41) is 23.9. The molecule has 2 aliphatic carbocycles. The van der Waals surface area contributed by atoms with Crippen LogP contribution in [0.1, 0.15) is 60.3 Å². The Morgan fingerprint density at radius 2 is 1.91 bits per heavy atom. The molecule has 6 nitrogen and oxygen atoms in total. The molecule has 0 radical (unpaired) electrons. The minimum Gasteiger partial charge on any atom is -0.396 e. The molecule has 6 heteroatoms. The highest BCUT2D eigenvalue weighted by Crippen LogP contribution is 2.55. The summed E-state index contributed by atoms with van der Waals surface area (Å²) in [4.78, 5) is 27.8. The lowest BCUT2D eigenvalue weighted by Crippen LogP contribution is -2.53. The molecule has 0 aromatic heterocycles. The van der Waals surface area contributed by atoms with Gasteiger partial charge in [-0.1, -0.05) is 44.1 Å². The number of Topliss-reactive ketones (excluding diaryl/α,β-unsaturated/α-hetero) is 1. The van der Waals surface area contributed by atoms with Gasteiger partial charge in [-0.2, -0.15) is 0 Å². The lowest BCUT2D eigenvalue weighted by atomic mass is 9.54. The molecular weight excluding hydrogens is 406 g/mol. The zero-order valence-electron chi connectivity index (χ0n) is 20.4. The van der Waals surface area contributed by atoms with Crippen LogP contribution in [0, 0.1) is 35.0 Å². The van der Waals surface area contributed by atoms with Crippen molar-refractivity contribution in [3.63, 3.8) is 0 Å². The lowest BCUT2D eigenvalue weighted by molar-refractivity contribution is -0.148. The first-order chi connectivity index (χ1) is 15.1. The van der Waals surface area contributed by atoms with Gasteiger partial charge in [-0.3, -0.25) is 9.59 Å². The minimum absolute atomic E-state index is 0.0167. The molecule has 3 aliphatic rings. The van der Waals surface area contributed by atoms with Crippen LogP contribution in [0.25, 0.3) is 0 Å². The number of carbonyl (C=O) groups is 2. The van der Waals surface area contributed by atoms with Gasteiger partial charge in [0.15, 0.2) is 5.78 Å². The Hall–Kier alpha value is -1.50. The Morgan fingerprint density at radius 3 is 2.50 bits per heavy atom. The van der Waals surface area contributed by atoms with Crippen LogP contribution in [-0.2, 0) is 14.3 Å². The van der Waals surface area contributed by atoms with Gasteiger partial charge in [0.25, 0.3) is 0 Å². The molecule has 0 saturated carbocycles. The van der Waals surface area contributed by atoms with Gasteiger partial charge in [-0.15, -0.1) is 0 Å². The molecule has 1 fully saturated rings. The van der Waals surface area contributed by atoms with E-state index in [0.717, 1.165) is 12.0 Å². The minimum atomic E-state index is -1.20. The molecule has 0 aromatic carbocycles. The van der Waals surface area contributed by atoms with Crippen LogP contribution in [0.15, 0.2) is 23.3 Å². The number of rotatable bonds is 4. The first-order valence-corrected chi connectivity index (χ1v) is 12.1. The van der Waals surface area contributed by atoms with Gasteiger partial charge in [-0.25, -0.2) is 0 Å². The van der Waals surface area contributed by atoms with Crippen molar-refractivity contribution >= 4 is 11.7 Å². The maximum absolute atomic E-state index is 14.1. The fourth-order valence-electron chi connectivity index (χ4n) is 6.48. The average molecular weight is 448 g/mol. The number of aliphatic hydroxyl groups is 2. The smallest absolute Gasteiger partial charge is 0.235 e. The van der Waals surface area contributed by atoms with Crippen molar-refractivity contribution in [3.8, 4) is 0 Å². The van der Waals surface area contributed by atoms with E-state index in [2.05, 4.69) is 45.2 Å². The van der Waals surface area contributed by atoms with Crippen molar-refractivity contribution in [1.82, 2.24) is 5.32 Å². The van der Waals surface area contributed by atoms with Crippen molar-refractivity contribution in [2.75, 3.05) is 13.7 Å². The Labute approximate surface area is 192 Å². The number of ketones is 1. The number of allylic oxidation sites excluding steroid dienone is 4. The number of carbonyl (C=O) groups excluding carboxylic acids is 2. The topological polar surface area (TPSA) is 95.9 Å². The molecule has 1 spiro atoms. The molecule has 1 amide bonds. The van der Waals surface area contributed by atoms with Gasteiger partial charge in [-0.05, 0) is 50.9 Å². The van der Waals surface area contributed by atoms with Crippen LogP contribution in [0.4, 0.5) is 0 Å². The Bertz CT molecular complexity index is 787. The molecule has 1 saturated heterocycles. The molecule has 0 bridgehead atoms. The highest BCUT2D eigenvalue weighted by atomic mass is 16.5. The van der Waals surface area contributed by atoms with E-state index in [4.69, 9.17) is 4.74 Å². The first kappa shape index (κ1) is 25.1. The van der Waals surface area contributed by atoms with Crippen LogP contribution in [0.5, 0.6) is 0 Å². The number of ether oxygens (including phenoxy) is 1. The van der Waals surface area contributed by atoms with Crippen LogP contribution in [0.3, 0.4) is 0 Å². The molecule has 3 rings (SSSR count). The van der Waals surface area contributed by atoms with Crippen molar-refractivity contribution < 1.29 is 24.5 Å². The Morgan fingerprint density at radius 1 is 1.22 bits per heavy atom. The predicted octanol–water partition coefficient (Wildman–Crippen LogP) is 3.03. The quantitative estimate of drug-likeness (QED) is 0.455. The van der Waals surface area contributed by atoms with E-state index in [1.165, 1.54) is 12.7 Å². The second kappa shape index (κ2) is 9.78. The predicted molar refractivity (Wildman–Crippen MR) is 124 cm³/mol. The number of hydrogen-bond acceptors (Lipinski definition) is 5. The van der Waals surface area contributed by atoms with Crippen LogP contribution in [0.2, 0.25) is 0 Å². The van der Waals surface area contributed by atoms with Crippen molar-refractivity contribution in [1.29, 1.82) is 0 Å². The maximum atomic E-state index is 14.1. The summed E-state index contributed by atoms with van der Waals surface area (Å²) in [5.41, 5.74) is 1.03. The summed E-state index contributed by atoms with van der Waals surface area (Å²) in [6.07, 6.45) is 4.35. The largest absolute Gasteiger partial charge is 0.396 e. The molecule has 0 unspecified atom stereocenters. The van der Waals surface area contributed by atoms with Gasteiger partial charge in [0.05, 0.1) is 12.2 Å². The normalized spacial score (nSPS) is 42.3. The monoisotopic (exact) mass is 447 g/mol. The van der Waals surface area contributed by atoms with Gasteiger partial charge >= 0.3 is 0 Å². The van der Waals surface area contributed by atoms with Gasteiger partial charge in [0.1, 0.15) is 5.41 Å². The van der Waals surface area contributed by atoms with Crippen molar-refractivity contribution in [2.24, 2.45) is 35.0 Å². The summed E-state index contributed by atoms with van der Waals surface area (Å²) < 4.78 is 5.55. The number of aliphatic hydroxyl groups excluding tert-OH is 2. The van der Waals surface area contributed by atoms with E-state index in [-0.39, 0.29) is 54.4 Å². The van der Waals surface area contributed by atoms with Gasteiger partial charge < -0.3 is 20.3 Å². The lowest BCUT2D eigenvalue weighted by Gasteiger charge is -2.45. The van der Waals surface area contributed by atoms with Gasteiger partial charge in [0.2, 0.25) is 5.91 Å². The van der Waals surface area contributed by atoms with E-state index in [1.807, 2.05) is 6.92 Å². The zero-order chi connectivity index (χ0) is 23.8. The Kier molecular flexibility index (Phi) is 7.68. The SMILES string of the molecule is CO[C@H]1CC(=O)[C@@]23C(=O)N[C@@H](CC(C)C)[C@@H]2[C@H](C)C(C)=C[C@@H]3/C=C(\C)C[C@H](CO)C[C@@H]1O. The Balaban J connectivity index is 2.19. The third-order valence-electron chi connectivity index (χ3n) is 8.09. The van der Waals surface area contributed by atoms with Crippen molar-refractivity contribution in [3.05, 3.63) is 23.3 Å². The second-order valence-corrected chi connectivity index (χ2v) is 10.8. The zero-order valence-corrected chi connectivity index (χ0v) is 20.4. The third-order valence-corrected chi connectivity index (χ3v) is 8.09. The first-order valence-electron chi connectivity index (χ1n) is 12.1. The van der Waals surface area contributed by atoms with Crippen LogP contribution >= 0.6 is 0 Å². The molecule has 0 aromatic rings. The third kappa shape index (κ3) is 4.34. The fraction of sp³-hybridized carbons (Fsp3) is 0.769. The summed E-state index contributed by atoms with van der Waals surface area (Å²) in [6.45, 7) is 10.4. The highest BCUT2D eigenvalue weighted by molar-refractivity contribution is 6.09. The molecule has 8 atom stereocenters. The van der Waals surface area contributed by atoms with Crippen LogP contribution in [-0.4, -0.2) is 53.9 Å².